The quantitative estimate of drug-likeness (QED) is 0.760. The molecule has 0 aliphatic heterocycles. The Morgan fingerprint density at radius 3 is 2.86 bits per heavy atom. The molecule has 0 aliphatic carbocycles. The van der Waals surface area contributed by atoms with Gasteiger partial charge in [0.2, 0.25) is 0 Å². The van der Waals surface area contributed by atoms with Crippen LogP contribution in [0.25, 0.3) is 0 Å². The van der Waals surface area contributed by atoms with E-state index in [1.807, 2.05) is 6.92 Å². The van der Waals surface area contributed by atoms with Gasteiger partial charge in [-0.15, -0.1) is 0 Å². The lowest BCUT2D eigenvalue weighted by Gasteiger charge is -2.08. The molecule has 0 saturated carbocycles. The van der Waals surface area contributed by atoms with Crippen molar-refractivity contribution < 1.29 is 14.6 Å². The lowest BCUT2D eigenvalue weighted by Crippen LogP contribution is -2.23. The molecular weight excluding hydrogens is 182 g/mol. The van der Waals surface area contributed by atoms with E-state index >= 15 is 0 Å². The molecule has 76 valence electrons. The maximum absolute atomic E-state index is 11.5. The number of phenols is 1. The van der Waals surface area contributed by atoms with Crippen molar-refractivity contribution in [2.24, 2.45) is 0 Å². The van der Waals surface area contributed by atoms with Gasteiger partial charge in [0, 0.05) is 12.6 Å². The zero-order valence-corrected chi connectivity index (χ0v) is 8.20. The summed E-state index contributed by atoms with van der Waals surface area (Å²) in [6.07, 6.45) is 0. The smallest absolute Gasteiger partial charge is 0.255 e. The van der Waals surface area contributed by atoms with Gasteiger partial charge in [-0.1, -0.05) is 0 Å². The number of methoxy groups -OCH3 is 1. The number of hydrogen-bond acceptors (Lipinski definition) is 3. The van der Waals surface area contributed by atoms with Crippen molar-refractivity contribution in [3.05, 3.63) is 23.8 Å². The van der Waals surface area contributed by atoms with Gasteiger partial charge in [-0.05, 0) is 19.1 Å². The van der Waals surface area contributed by atoms with Crippen molar-refractivity contribution in [1.82, 2.24) is 5.32 Å². The van der Waals surface area contributed by atoms with E-state index < -0.39 is 0 Å². The molecule has 1 aromatic rings. The van der Waals surface area contributed by atoms with Crippen LogP contribution in [0.15, 0.2) is 18.2 Å². The predicted molar refractivity (Wildman–Crippen MR) is 52.7 cm³/mol. The van der Waals surface area contributed by atoms with Gasteiger partial charge in [0.05, 0.1) is 12.7 Å². The van der Waals surface area contributed by atoms with Gasteiger partial charge in [-0.25, -0.2) is 0 Å². The molecule has 0 saturated heterocycles. The zero-order valence-electron chi connectivity index (χ0n) is 8.20. The first kappa shape index (κ1) is 10.4. The second-order valence-corrected chi connectivity index (χ2v) is 2.74. The van der Waals surface area contributed by atoms with E-state index in [1.165, 1.54) is 25.3 Å². The summed E-state index contributed by atoms with van der Waals surface area (Å²) < 4.78 is 4.97. The first-order valence-electron chi connectivity index (χ1n) is 4.34. The third-order valence-corrected chi connectivity index (χ3v) is 1.77. The summed E-state index contributed by atoms with van der Waals surface area (Å²) in [4.78, 5) is 11.5. The van der Waals surface area contributed by atoms with Crippen LogP contribution in [0.2, 0.25) is 0 Å². The summed E-state index contributed by atoms with van der Waals surface area (Å²) in [5, 5.41) is 11.8. The molecule has 0 atom stereocenters. The number of hydrogen-bond donors (Lipinski definition) is 2. The molecule has 1 aromatic carbocycles. The molecule has 1 rings (SSSR count). The molecule has 0 fully saturated rings. The first-order valence-corrected chi connectivity index (χ1v) is 4.34. The van der Waals surface area contributed by atoms with Crippen molar-refractivity contribution in [1.29, 1.82) is 0 Å². The summed E-state index contributed by atoms with van der Waals surface area (Å²) in [5.41, 5.74) is 0.423. The molecule has 0 radical (unpaired) electrons. The molecule has 0 aromatic heterocycles. The normalized spacial score (nSPS) is 9.57. The topological polar surface area (TPSA) is 58.6 Å². The van der Waals surface area contributed by atoms with Gasteiger partial charge < -0.3 is 15.2 Å². The van der Waals surface area contributed by atoms with Crippen molar-refractivity contribution in [3.63, 3.8) is 0 Å². The minimum atomic E-state index is -0.204. The van der Waals surface area contributed by atoms with Crippen molar-refractivity contribution >= 4 is 5.91 Å². The van der Waals surface area contributed by atoms with E-state index in [1.54, 1.807) is 0 Å². The molecular formula is C10H13NO3. The Morgan fingerprint density at radius 1 is 1.57 bits per heavy atom. The molecule has 4 heteroatoms. The molecule has 0 spiro atoms. The number of phenolic OH excluding ortho intramolecular Hbond substituents is 1. The predicted octanol–water partition coefficient (Wildman–Crippen LogP) is 1.15. The van der Waals surface area contributed by atoms with Crippen LogP contribution in [0.4, 0.5) is 0 Å². The van der Waals surface area contributed by atoms with Crippen LogP contribution in [0.1, 0.15) is 17.3 Å². The Morgan fingerprint density at radius 2 is 2.29 bits per heavy atom. The van der Waals surface area contributed by atoms with Gasteiger partial charge >= 0.3 is 0 Å². The number of benzene rings is 1. The van der Waals surface area contributed by atoms with E-state index in [4.69, 9.17) is 9.84 Å². The second-order valence-electron chi connectivity index (χ2n) is 2.74. The number of amides is 1. The molecule has 2 N–H and O–H groups in total. The Kier molecular flexibility index (Phi) is 3.34. The number of carbonyl (C=O) groups is 1. The third kappa shape index (κ3) is 2.16. The minimum Gasteiger partial charge on any atom is -0.508 e. The van der Waals surface area contributed by atoms with Crippen molar-refractivity contribution in [2.45, 2.75) is 6.92 Å². The third-order valence-electron chi connectivity index (χ3n) is 1.77. The van der Waals surface area contributed by atoms with Gasteiger partial charge in [-0.3, -0.25) is 4.79 Å². The highest BCUT2D eigenvalue weighted by Crippen LogP contribution is 2.23. The standard InChI is InChI=1S/C10H13NO3/c1-3-11-10(13)8-5-4-7(12)6-9(8)14-2/h4-6,12H,3H2,1-2H3,(H,11,13). The summed E-state index contributed by atoms with van der Waals surface area (Å²) in [7, 11) is 1.46. The van der Waals surface area contributed by atoms with Crippen LogP contribution < -0.4 is 10.1 Å². The fourth-order valence-electron chi connectivity index (χ4n) is 1.12. The number of rotatable bonds is 3. The average molecular weight is 195 g/mol. The molecule has 0 heterocycles. The summed E-state index contributed by atoms with van der Waals surface area (Å²) in [6, 6.07) is 4.39. The fraction of sp³-hybridized carbons (Fsp3) is 0.300. The molecule has 0 unspecified atom stereocenters. The van der Waals surface area contributed by atoms with Crippen LogP contribution in [-0.4, -0.2) is 24.7 Å². The highest BCUT2D eigenvalue weighted by atomic mass is 16.5. The van der Waals surface area contributed by atoms with Crippen LogP contribution in [0.3, 0.4) is 0 Å². The number of ether oxygens (including phenoxy) is 1. The number of nitrogens with one attached hydrogen (secondary N) is 1. The van der Waals surface area contributed by atoms with E-state index in [-0.39, 0.29) is 11.7 Å². The molecule has 0 aliphatic rings. The largest absolute Gasteiger partial charge is 0.508 e. The van der Waals surface area contributed by atoms with Crippen molar-refractivity contribution in [2.75, 3.05) is 13.7 Å². The molecule has 1 amide bonds. The van der Waals surface area contributed by atoms with Gasteiger partial charge in [-0.2, -0.15) is 0 Å². The van der Waals surface area contributed by atoms with E-state index in [2.05, 4.69) is 5.32 Å². The van der Waals surface area contributed by atoms with Gasteiger partial charge in [0.15, 0.2) is 0 Å². The van der Waals surface area contributed by atoms with Crippen LogP contribution in [0.5, 0.6) is 11.5 Å². The number of carbonyl (C=O) groups excluding carboxylic acids is 1. The summed E-state index contributed by atoms with van der Waals surface area (Å²) in [5.74, 6) is 0.246. The lowest BCUT2D eigenvalue weighted by molar-refractivity contribution is 0.0953. The Bertz CT molecular complexity index is 336. The summed E-state index contributed by atoms with van der Waals surface area (Å²) >= 11 is 0. The zero-order chi connectivity index (χ0) is 10.6. The summed E-state index contributed by atoms with van der Waals surface area (Å²) in [6.45, 7) is 2.40. The van der Waals surface area contributed by atoms with Gasteiger partial charge in [0.1, 0.15) is 11.5 Å². The lowest BCUT2D eigenvalue weighted by atomic mass is 10.2. The molecule has 0 bridgehead atoms. The monoisotopic (exact) mass is 195 g/mol. The highest BCUT2D eigenvalue weighted by Gasteiger charge is 2.11. The Hall–Kier alpha value is -1.71. The first-order chi connectivity index (χ1) is 6.69. The average Bonchev–Trinajstić information content (AvgIpc) is 2.17. The maximum Gasteiger partial charge on any atom is 0.255 e. The maximum atomic E-state index is 11.5. The molecule has 4 nitrogen and oxygen atoms in total. The van der Waals surface area contributed by atoms with E-state index in [0.717, 1.165) is 0 Å². The van der Waals surface area contributed by atoms with Crippen LogP contribution >= 0.6 is 0 Å². The fourth-order valence-corrected chi connectivity index (χ4v) is 1.12. The second kappa shape index (κ2) is 4.50. The highest BCUT2D eigenvalue weighted by molar-refractivity contribution is 5.97. The minimum absolute atomic E-state index is 0.0786. The number of aromatic hydroxyl groups is 1. The van der Waals surface area contributed by atoms with Crippen molar-refractivity contribution in [3.8, 4) is 11.5 Å². The SMILES string of the molecule is CCNC(=O)c1ccc(O)cc1OC. The Labute approximate surface area is 82.5 Å². The van der Waals surface area contributed by atoms with E-state index in [0.29, 0.717) is 17.9 Å². The molecule has 14 heavy (non-hydrogen) atoms. The van der Waals surface area contributed by atoms with Crippen LogP contribution in [0, 0.1) is 0 Å². The van der Waals surface area contributed by atoms with E-state index in [9.17, 15) is 4.79 Å². The Balaban J connectivity index is 3.01. The van der Waals surface area contributed by atoms with Gasteiger partial charge in [0.25, 0.3) is 5.91 Å². The van der Waals surface area contributed by atoms with Crippen LogP contribution in [-0.2, 0) is 0 Å².